The van der Waals surface area contributed by atoms with Crippen molar-refractivity contribution in [3.8, 4) is 0 Å². The molecular weight excluding hydrogens is 263 g/mol. The van der Waals surface area contributed by atoms with Crippen molar-refractivity contribution in [2.45, 2.75) is 20.3 Å². The SMILES string of the molecule is CC(=O)Cc1cc(I)ccc1C. The number of carbonyl (C=O) groups is 1. The van der Waals surface area contributed by atoms with E-state index >= 15 is 0 Å². The molecule has 0 aliphatic rings. The molecule has 0 aliphatic carbocycles. The molecule has 0 aliphatic heterocycles. The van der Waals surface area contributed by atoms with Crippen LogP contribution >= 0.6 is 22.6 Å². The Balaban J connectivity index is 2.97. The zero-order valence-electron chi connectivity index (χ0n) is 7.23. The number of benzene rings is 1. The highest BCUT2D eigenvalue weighted by atomic mass is 127. The first-order valence-electron chi connectivity index (χ1n) is 3.84. The summed E-state index contributed by atoms with van der Waals surface area (Å²) in [7, 11) is 0. The van der Waals surface area contributed by atoms with E-state index in [2.05, 4.69) is 40.8 Å². The number of hydrogen-bond donors (Lipinski definition) is 0. The summed E-state index contributed by atoms with van der Waals surface area (Å²) < 4.78 is 1.19. The molecule has 0 spiro atoms. The molecule has 1 aromatic carbocycles. The van der Waals surface area contributed by atoms with Gasteiger partial charge in [-0.15, -0.1) is 0 Å². The molecule has 0 unspecified atom stereocenters. The van der Waals surface area contributed by atoms with Crippen LogP contribution in [0.15, 0.2) is 18.2 Å². The number of rotatable bonds is 2. The number of carbonyl (C=O) groups excluding carboxylic acids is 1. The van der Waals surface area contributed by atoms with E-state index in [1.807, 2.05) is 6.92 Å². The predicted octanol–water partition coefficient (Wildman–Crippen LogP) is 2.73. The minimum atomic E-state index is 0.222. The fraction of sp³-hybridized carbons (Fsp3) is 0.300. The van der Waals surface area contributed by atoms with Gasteiger partial charge in [0.15, 0.2) is 0 Å². The highest BCUT2D eigenvalue weighted by molar-refractivity contribution is 14.1. The molecule has 0 N–H and O–H groups in total. The summed E-state index contributed by atoms with van der Waals surface area (Å²) >= 11 is 2.26. The lowest BCUT2D eigenvalue weighted by atomic mass is 10.0. The van der Waals surface area contributed by atoms with Crippen molar-refractivity contribution in [2.24, 2.45) is 0 Å². The lowest BCUT2D eigenvalue weighted by molar-refractivity contribution is -0.116. The summed E-state index contributed by atoms with van der Waals surface area (Å²) in [6.07, 6.45) is 0.558. The smallest absolute Gasteiger partial charge is 0.134 e. The Morgan fingerprint density at radius 2 is 2.17 bits per heavy atom. The normalized spacial score (nSPS) is 9.92. The summed E-state index contributed by atoms with van der Waals surface area (Å²) in [5.41, 5.74) is 2.35. The van der Waals surface area contributed by atoms with Gasteiger partial charge in [-0.25, -0.2) is 0 Å². The first-order valence-corrected chi connectivity index (χ1v) is 4.92. The molecule has 2 heteroatoms. The fourth-order valence-electron chi connectivity index (χ4n) is 1.10. The molecule has 0 saturated heterocycles. The van der Waals surface area contributed by atoms with Gasteiger partial charge in [0, 0.05) is 9.99 Å². The topological polar surface area (TPSA) is 17.1 Å². The van der Waals surface area contributed by atoms with E-state index in [4.69, 9.17) is 0 Å². The first kappa shape index (κ1) is 9.71. The summed E-state index contributed by atoms with van der Waals surface area (Å²) in [6, 6.07) is 6.18. The molecule has 0 aromatic heterocycles. The summed E-state index contributed by atoms with van der Waals surface area (Å²) in [4.78, 5) is 10.9. The van der Waals surface area contributed by atoms with Crippen LogP contribution in [0.2, 0.25) is 0 Å². The van der Waals surface area contributed by atoms with Crippen LogP contribution in [-0.2, 0) is 11.2 Å². The minimum absolute atomic E-state index is 0.222. The van der Waals surface area contributed by atoms with E-state index in [1.54, 1.807) is 6.92 Å². The molecule has 0 radical (unpaired) electrons. The van der Waals surface area contributed by atoms with Crippen molar-refractivity contribution in [3.05, 3.63) is 32.9 Å². The van der Waals surface area contributed by atoms with Crippen molar-refractivity contribution in [1.82, 2.24) is 0 Å². The van der Waals surface area contributed by atoms with Gasteiger partial charge in [0.2, 0.25) is 0 Å². The van der Waals surface area contributed by atoms with Crippen molar-refractivity contribution in [2.75, 3.05) is 0 Å². The summed E-state index contributed by atoms with van der Waals surface area (Å²) in [5.74, 6) is 0.222. The largest absolute Gasteiger partial charge is 0.300 e. The Hall–Kier alpha value is -0.380. The van der Waals surface area contributed by atoms with E-state index < -0.39 is 0 Å². The number of ketones is 1. The highest BCUT2D eigenvalue weighted by Crippen LogP contribution is 2.13. The maximum Gasteiger partial charge on any atom is 0.134 e. The molecule has 1 aromatic rings. The lowest BCUT2D eigenvalue weighted by Crippen LogP contribution is -1.98. The molecule has 1 nitrogen and oxygen atoms in total. The number of aryl methyl sites for hydroxylation is 1. The third-order valence-electron chi connectivity index (χ3n) is 1.75. The van der Waals surface area contributed by atoms with Gasteiger partial charge in [-0.2, -0.15) is 0 Å². The molecular formula is C10H11IO. The number of hydrogen-bond acceptors (Lipinski definition) is 1. The van der Waals surface area contributed by atoms with Gasteiger partial charge in [0.25, 0.3) is 0 Å². The second-order valence-electron chi connectivity index (χ2n) is 2.95. The van der Waals surface area contributed by atoms with Crippen LogP contribution in [0, 0.1) is 10.5 Å². The molecule has 0 atom stereocenters. The standard InChI is InChI=1S/C10H11IO/c1-7-3-4-10(11)6-9(7)5-8(2)12/h3-4,6H,5H2,1-2H3. The third kappa shape index (κ3) is 2.59. The van der Waals surface area contributed by atoms with E-state index in [1.165, 1.54) is 9.13 Å². The molecule has 0 bridgehead atoms. The fourth-order valence-corrected chi connectivity index (χ4v) is 1.65. The first-order chi connectivity index (χ1) is 5.59. The van der Waals surface area contributed by atoms with Crippen LogP contribution < -0.4 is 0 Å². The second kappa shape index (κ2) is 4.03. The van der Waals surface area contributed by atoms with Crippen LogP contribution in [0.25, 0.3) is 0 Å². The van der Waals surface area contributed by atoms with Gasteiger partial charge >= 0.3 is 0 Å². The highest BCUT2D eigenvalue weighted by Gasteiger charge is 2.01. The quantitative estimate of drug-likeness (QED) is 0.758. The van der Waals surface area contributed by atoms with E-state index in [9.17, 15) is 4.79 Å². The Labute approximate surface area is 86.3 Å². The predicted molar refractivity (Wildman–Crippen MR) is 58.3 cm³/mol. The monoisotopic (exact) mass is 274 g/mol. The van der Waals surface area contributed by atoms with Crippen LogP contribution in [-0.4, -0.2) is 5.78 Å². The average Bonchev–Trinajstić information content (AvgIpc) is 1.96. The van der Waals surface area contributed by atoms with Crippen molar-refractivity contribution in [3.63, 3.8) is 0 Å². The lowest BCUT2D eigenvalue weighted by Gasteiger charge is -2.03. The van der Waals surface area contributed by atoms with Crippen molar-refractivity contribution >= 4 is 28.4 Å². The van der Waals surface area contributed by atoms with Gasteiger partial charge in [-0.1, -0.05) is 6.07 Å². The van der Waals surface area contributed by atoms with E-state index in [-0.39, 0.29) is 5.78 Å². The van der Waals surface area contributed by atoms with Gasteiger partial charge < -0.3 is 0 Å². The zero-order valence-corrected chi connectivity index (χ0v) is 9.38. The van der Waals surface area contributed by atoms with Crippen LogP contribution in [0.1, 0.15) is 18.1 Å². The molecule has 0 heterocycles. The maximum atomic E-state index is 10.9. The van der Waals surface area contributed by atoms with Gasteiger partial charge in [0.05, 0.1) is 0 Å². The molecule has 1 rings (SSSR count). The Morgan fingerprint density at radius 1 is 1.50 bits per heavy atom. The van der Waals surface area contributed by atoms with E-state index in [0.717, 1.165) is 5.56 Å². The van der Waals surface area contributed by atoms with Gasteiger partial charge in [0.1, 0.15) is 5.78 Å². The van der Waals surface area contributed by atoms with Crippen LogP contribution in [0.5, 0.6) is 0 Å². The van der Waals surface area contributed by atoms with Crippen molar-refractivity contribution in [1.29, 1.82) is 0 Å². The average molecular weight is 274 g/mol. The van der Waals surface area contributed by atoms with E-state index in [0.29, 0.717) is 6.42 Å². The molecule has 0 amide bonds. The van der Waals surface area contributed by atoms with Gasteiger partial charge in [-0.05, 0) is 59.7 Å². The molecule has 64 valence electrons. The maximum absolute atomic E-state index is 10.9. The molecule has 0 fully saturated rings. The summed E-state index contributed by atoms with van der Waals surface area (Å²) in [5, 5.41) is 0. The zero-order chi connectivity index (χ0) is 9.14. The second-order valence-corrected chi connectivity index (χ2v) is 4.20. The number of halogens is 1. The summed E-state index contributed by atoms with van der Waals surface area (Å²) in [6.45, 7) is 3.66. The number of Topliss-reactive ketones (excluding diaryl/α,β-unsaturated/α-hetero) is 1. The Bertz CT molecular complexity index is 305. The van der Waals surface area contributed by atoms with Crippen LogP contribution in [0.3, 0.4) is 0 Å². The minimum Gasteiger partial charge on any atom is -0.300 e. The Morgan fingerprint density at radius 3 is 2.75 bits per heavy atom. The third-order valence-corrected chi connectivity index (χ3v) is 2.42. The van der Waals surface area contributed by atoms with Gasteiger partial charge in [-0.3, -0.25) is 4.79 Å². The van der Waals surface area contributed by atoms with Crippen molar-refractivity contribution < 1.29 is 4.79 Å². The Kier molecular flexibility index (Phi) is 3.26. The molecule has 12 heavy (non-hydrogen) atoms. The molecule has 0 saturated carbocycles. The van der Waals surface area contributed by atoms with Crippen LogP contribution in [0.4, 0.5) is 0 Å².